The summed E-state index contributed by atoms with van der Waals surface area (Å²) in [4.78, 5) is 24.0. The van der Waals surface area contributed by atoms with E-state index in [4.69, 9.17) is 14.2 Å². The van der Waals surface area contributed by atoms with E-state index in [1.54, 1.807) is 12.1 Å². The number of fused-ring (bicyclic) bond motifs is 2. The number of carboxylic acid groups (broad SMARTS) is 1. The molecule has 2 N–H and O–H groups in total. The number of carboxylic acids is 1. The molecule has 7 nitrogen and oxygen atoms in total. The summed E-state index contributed by atoms with van der Waals surface area (Å²) < 4.78 is 46.5. The fraction of sp³-hybridized carbons (Fsp3) is 0.356. The molecule has 6 aromatic carbocycles. The van der Waals surface area contributed by atoms with Crippen molar-refractivity contribution < 1.29 is 62.0 Å². The van der Waals surface area contributed by atoms with Gasteiger partial charge in [-0.3, -0.25) is 9.59 Å². The summed E-state index contributed by atoms with van der Waals surface area (Å²) in [5.41, 5.74) is 11.8. The Balaban J connectivity index is 0.000000198. The van der Waals surface area contributed by atoms with Crippen LogP contribution in [0, 0.1) is 49.2 Å². The van der Waals surface area contributed by atoms with E-state index in [0.717, 1.165) is 107 Å². The molecule has 0 radical (unpaired) electrons. The van der Waals surface area contributed by atoms with E-state index in [1.165, 1.54) is 30.4 Å². The van der Waals surface area contributed by atoms with Crippen LogP contribution in [0.1, 0.15) is 121 Å². The van der Waals surface area contributed by atoms with E-state index in [0.29, 0.717) is 23.0 Å². The van der Waals surface area contributed by atoms with Gasteiger partial charge in [0.15, 0.2) is 0 Å². The van der Waals surface area contributed by atoms with Crippen LogP contribution >= 0.6 is 0 Å². The molecule has 0 aromatic heterocycles. The van der Waals surface area contributed by atoms with Gasteiger partial charge in [0.05, 0.1) is 18.9 Å². The van der Waals surface area contributed by atoms with Crippen molar-refractivity contribution in [1.29, 1.82) is 0 Å². The minimum absolute atomic E-state index is 0. The zero-order valence-corrected chi connectivity index (χ0v) is 40.5. The second-order valence-electron chi connectivity index (χ2n) is 19.4. The van der Waals surface area contributed by atoms with E-state index >= 15 is 0 Å². The smallest absolute Gasteiger partial charge is 0.870 e. The molecule has 354 valence electrons. The topological polar surface area (TPSA) is 112 Å². The standard InChI is InChI=1S/C30H31FO3.C29H29FO3.Li.H2O/c1-18-4-14-26(31)25(16-18)20-5-7-21(8-6-20)27-15-13-22-9-12-24(17-28(22)34-27)29(23-10-11-23)19(2)30(32)33-3;1-17-3-13-25(30)24(15-17)19-4-6-20(7-5-19)26-14-12-21-8-11-23(16-27(21)33-26)28(22-9-10-22)18(2)29(31)32;;/h4-9,12,14,16-17,19,23,27,29H,10-11,13,15H2,1-3H3;3-8,11,13,15-16,18,22,26,28H,9-10,12,14H2,1-2H3,(H,31,32);;1H2/q;;+1;/p-1/t19?,27?,29-;18?,26?,28-;;/m00../s1. The van der Waals surface area contributed by atoms with Crippen molar-refractivity contribution in [3.63, 3.8) is 0 Å². The number of esters is 1. The number of ether oxygens (including phenoxy) is 3. The van der Waals surface area contributed by atoms with Crippen LogP contribution in [0.3, 0.4) is 0 Å². The van der Waals surface area contributed by atoms with E-state index in [9.17, 15) is 23.5 Å². The summed E-state index contributed by atoms with van der Waals surface area (Å²) in [5, 5.41) is 9.60. The molecule has 0 spiro atoms. The Kier molecular flexibility index (Phi) is 16.2. The summed E-state index contributed by atoms with van der Waals surface area (Å²) in [6.45, 7) is 7.71. The Hall–Kier alpha value is -5.72. The molecule has 2 aliphatic carbocycles. The third-order valence-corrected chi connectivity index (χ3v) is 14.6. The van der Waals surface area contributed by atoms with Crippen molar-refractivity contribution in [2.75, 3.05) is 7.11 Å². The van der Waals surface area contributed by atoms with E-state index in [2.05, 4.69) is 36.4 Å². The summed E-state index contributed by atoms with van der Waals surface area (Å²) in [5.74, 6) is 1.02. The predicted molar refractivity (Wildman–Crippen MR) is 260 cm³/mol. The number of rotatable bonds is 12. The summed E-state index contributed by atoms with van der Waals surface area (Å²) in [6, 6.07) is 39.1. The van der Waals surface area contributed by atoms with Crippen molar-refractivity contribution in [2.45, 2.75) is 103 Å². The Bertz CT molecular complexity index is 2770. The van der Waals surface area contributed by atoms with Crippen LogP contribution in [0.4, 0.5) is 8.78 Å². The first-order valence-corrected chi connectivity index (χ1v) is 24.0. The van der Waals surface area contributed by atoms with Crippen LogP contribution in [0.15, 0.2) is 121 Å². The quantitative estimate of drug-likeness (QED) is 0.0961. The van der Waals surface area contributed by atoms with Crippen LogP contribution in [0.25, 0.3) is 22.3 Å². The van der Waals surface area contributed by atoms with Gasteiger partial charge >= 0.3 is 30.8 Å². The molecule has 0 amide bonds. The van der Waals surface area contributed by atoms with Gasteiger partial charge in [-0.25, -0.2) is 8.78 Å². The number of halogens is 2. The molecule has 6 atom stereocenters. The zero-order chi connectivity index (χ0) is 46.9. The molecular formula is C59H61F2LiO7. The molecule has 0 bridgehead atoms. The number of hydrogen-bond acceptors (Lipinski definition) is 6. The number of hydrogen-bond donors (Lipinski definition) is 1. The largest absolute Gasteiger partial charge is 1.00 e. The second kappa shape index (κ2) is 21.9. The maximum atomic E-state index is 14.3. The minimum atomic E-state index is -0.742. The third kappa shape index (κ3) is 11.5. The minimum Gasteiger partial charge on any atom is -0.870 e. The molecule has 10 rings (SSSR count). The van der Waals surface area contributed by atoms with Crippen LogP contribution in [0.5, 0.6) is 11.5 Å². The predicted octanol–water partition coefficient (Wildman–Crippen LogP) is 11.1. The molecule has 4 unspecified atom stereocenters. The Morgan fingerprint density at radius 2 is 0.986 bits per heavy atom. The number of carbonyl (C=O) groups excluding carboxylic acids is 1. The van der Waals surface area contributed by atoms with Gasteiger partial charge in [0.25, 0.3) is 0 Å². The Morgan fingerprint density at radius 3 is 1.36 bits per heavy atom. The molecule has 10 heteroatoms. The molecule has 0 saturated heterocycles. The van der Waals surface area contributed by atoms with Crippen LogP contribution in [-0.4, -0.2) is 29.6 Å². The van der Waals surface area contributed by atoms with Crippen molar-refractivity contribution in [3.05, 3.63) is 177 Å². The summed E-state index contributed by atoms with van der Waals surface area (Å²) in [6.07, 6.45) is 8.01. The number of aliphatic carboxylic acids is 1. The molecule has 2 heterocycles. The molecular weight excluding hydrogens is 866 g/mol. The first-order chi connectivity index (χ1) is 32.3. The maximum absolute atomic E-state index is 14.3. The van der Waals surface area contributed by atoms with E-state index in [1.807, 2.05) is 88.4 Å². The van der Waals surface area contributed by atoms with Gasteiger partial charge in [0.2, 0.25) is 0 Å². The zero-order valence-electron chi connectivity index (χ0n) is 40.5. The SMILES string of the molecule is COC(=O)C(C)[C@H](c1ccc2c(c1)OC(c1ccc(-c3cc(C)ccc3F)cc1)CC2)C1CC1.Cc1ccc(F)c(-c2ccc(C3CCc4ccc([C@H](C5CC5)C(C)C(=O)O)cc4O3)cc2)c1.[Li+].[OH-]. The molecule has 4 aliphatic rings. The third-order valence-electron chi connectivity index (χ3n) is 14.6. The molecule has 69 heavy (non-hydrogen) atoms. The fourth-order valence-electron chi connectivity index (χ4n) is 10.5. The molecule has 2 fully saturated rings. The molecule has 2 aliphatic heterocycles. The number of methoxy groups -OCH3 is 1. The van der Waals surface area contributed by atoms with Gasteiger partial charge in [0, 0.05) is 11.1 Å². The Labute approximate surface area is 417 Å². The average Bonchev–Trinajstić information content (AvgIpc) is 4.30. The maximum Gasteiger partial charge on any atom is 1.00 e. The number of aryl methyl sites for hydroxylation is 4. The second-order valence-corrected chi connectivity index (χ2v) is 19.4. The van der Waals surface area contributed by atoms with Gasteiger partial charge in [0.1, 0.15) is 35.3 Å². The summed E-state index contributed by atoms with van der Waals surface area (Å²) >= 11 is 0. The summed E-state index contributed by atoms with van der Waals surface area (Å²) in [7, 11) is 1.46. The normalized spacial score (nSPS) is 18.6. The first kappa shape index (κ1) is 51.1. The fourth-order valence-corrected chi connectivity index (χ4v) is 10.5. The molecule has 2 saturated carbocycles. The van der Waals surface area contributed by atoms with Crippen LogP contribution in [-0.2, 0) is 27.2 Å². The van der Waals surface area contributed by atoms with Crippen molar-refractivity contribution in [2.24, 2.45) is 23.7 Å². The van der Waals surface area contributed by atoms with Gasteiger partial charge in [-0.15, -0.1) is 0 Å². The monoisotopic (exact) mass is 926 g/mol. The van der Waals surface area contributed by atoms with Crippen LogP contribution < -0.4 is 28.3 Å². The van der Waals surface area contributed by atoms with E-state index < -0.39 is 11.9 Å². The first-order valence-electron chi connectivity index (χ1n) is 24.0. The average molecular weight is 927 g/mol. The van der Waals surface area contributed by atoms with Gasteiger partial charge in [-0.2, -0.15) is 0 Å². The molecule has 6 aromatic rings. The van der Waals surface area contributed by atoms with Crippen molar-refractivity contribution in [1.82, 2.24) is 0 Å². The Morgan fingerprint density at radius 1 is 0.580 bits per heavy atom. The van der Waals surface area contributed by atoms with Crippen molar-refractivity contribution >= 4 is 11.9 Å². The number of benzene rings is 6. The van der Waals surface area contributed by atoms with Gasteiger partial charge < -0.3 is 24.8 Å². The van der Waals surface area contributed by atoms with Gasteiger partial charge in [-0.1, -0.05) is 110 Å². The van der Waals surface area contributed by atoms with Gasteiger partial charge in [-0.05, 0) is 170 Å². The van der Waals surface area contributed by atoms with E-state index in [-0.39, 0.29) is 71.9 Å². The van der Waals surface area contributed by atoms with Crippen molar-refractivity contribution in [3.8, 4) is 33.8 Å². The van der Waals surface area contributed by atoms with Crippen LogP contribution in [0.2, 0.25) is 0 Å². The number of carbonyl (C=O) groups is 2.